The van der Waals surface area contributed by atoms with Crippen molar-refractivity contribution in [2.24, 2.45) is 0 Å². The van der Waals surface area contributed by atoms with Gasteiger partial charge in [0.05, 0.1) is 7.11 Å². The molecule has 22 heavy (non-hydrogen) atoms. The van der Waals surface area contributed by atoms with Gasteiger partial charge in [0.25, 0.3) is 0 Å². The molecule has 2 rings (SSSR count). The summed E-state index contributed by atoms with van der Waals surface area (Å²) in [7, 11) is 1.33. The van der Waals surface area contributed by atoms with Crippen molar-refractivity contribution in [2.75, 3.05) is 17.7 Å². The Labute approximate surface area is 129 Å². The number of halogens is 1. The third kappa shape index (κ3) is 3.97. The summed E-state index contributed by atoms with van der Waals surface area (Å²) in [6, 6.07) is 10.3. The summed E-state index contributed by atoms with van der Waals surface area (Å²) in [6.07, 6.45) is -0.488. The standard InChI is InChI=1S/C17H19FN2O2/c1-11-8-15(9-12(2)16(11)20-17(21)22-3)19-10-13-4-6-14(18)7-5-13/h4-9,19H,10H2,1-3H3,(H,20,21). The second-order valence-electron chi connectivity index (χ2n) is 5.08. The van der Waals surface area contributed by atoms with Gasteiger partial charge in [0.2, 0.25) is 0 Å². The molecule has 0 saturated heterocycles. The third-order valence-corrected chi connectivity index (χ3v) is 3.36. The van der Waals surface area contributed by atoms with Gasteiger partial charge in [-0.1, -0.05) is 12.1 Å². The zero-order valence-corrected chi connectivity index (χ0v) is 12.9. The van der Waals surface area contributed by atoms with Crippen LogP contribution < -0.4 is 10.6 Å². The monoisotopic (exact) mass is 302 g/mol. The summed E-state index contributed by atoms with van der Waals surface area (Å²) in [5, 5.41) is 5.99. The van der Waals surface area contributed by atoms with E-state index in [0.717, 1.165) is 28.1 Å². The molecule has 0 heterocycles. The van der Waals surface area contributed by atoms with Crippen LogP contribution in [0.1, 0.15) is 16.7 Å². The quantitative estimate of drug-likeness (QED) is 0.888. The van der Waals surface area contributed by atoms with Crippen LogP contribution in [-0.2, 0) is 11.3 Å². The number of hydrogen-bond donors (Lipinski definition) is 2. The van der Waals surface area contributed by atoms with E-state index in [4.69, 9.17) is 0 Å². The van der Waals surface area contributed by atoms with Gasteiger partial charge < -0.3 is 10.1 Å². The van der Waals surface area contributed by atoms with Crippen LogP contribution >= 0.6 is 0 Å². The van der Waals surface area contributed by atoms with E-state index in [2.05, 4.69) is 15.4 Å². The van der Waals surface area contributed by atoms with Gasteiger partial charge in [0.1, 0.15) is 5.82 Å². The Balaban J connectivity index is 2.09. The van der Waals surface area contributed by atoms with Gasteiger partial charge in [-0.15, -0.1) is 0 Å². The molecular formula is C17H19FN2O2. The highest BCUT2D eigenvalue weighted by Gasteiger charge is 2.09. The third-order valence-electron chi connectivity index (χ3n) is 3.36. The average Bonchev–Trinajstić information content (AvgIpc) is 2.50. The van der Waals surface area contributed by atoms with Crippen LogP contribution in [0.25, 0.3) is 0 Å². The fourth-order valence-corrected chi connectivity index (χ4v) is 2.22. The zero-order valence-electron chi connectivity index (χ0n) is 12.9. The van der Waals surface area contributed by atoms with E-state index in [0.29, 0.717) is 6.54 Å². The molecule has 0 aliphatic heterocycles. The van der Waals surface area contributed by atoms with Crippen LogP contribution in [0, 0.1) is 19.7 Å². The Kier molecular flexibility index (Phi) is 4.99. The number of nitrogens with one attached hydrogen (secondary N) is 2. The summed E-state index contributed by atoms with van der Waals surface area (Å²) < 4.78 is 17.5. The lowest BCUT2D eigenvalue weighted by Gasteiger charge is -2.14. The predicted molar refractivity (Wildman–Crippen MR) is 85.7 cm³/mol. The molecular weight excluding hydrogens is 283 g/mol. The molecule has 116 valence electrons. The molecule has 0 atom stereocenters. The molecule has 0 aromatic heterocycles. The molecule has 0 bridgehead atoms. The summed E-state index contributed by atoms with van der Waals surface area (Å²) >= 11 is 0. The minimum absolute atomic E-state index is 0.242. The molecule has 5 heteroatoms. The maximum atomic E-state index is 12.9. The Morgan fingerprint density at radius 1 is 1.14 bits per heavy atom. The van der Waals surface area contributed by atoms with Crippen LogP contribution in [0.2, 0.25) is 0 Å². The maximum Gasteiger partial charge on any atom is 0.411 e. The van der Waals surface area contributed by atoms with Gasteiger partial charge in [-0.2, -0.15) is 0 Å². The largest absolute Gasteiger partial charge is 0.453 e. The number of amides is 1. The minimum Gasteiger partial charge on any atom is -0.453 e. The molecule has 0 spiro atoms. The van der Waals surface area contributed by atoms with Crippen LogP contribution in [0.3, 0.4) is 0 Å². The highest BCUT2D eigenvalue weighted by Crippen LogP contribution is 2.25. The summed E-state index contributed by atoms with van der Waals surface area (Å²) in [4.78, 5) is 11.3. The van der Waals surface area contributed by atoms with Gasteiger partial charge >= 0.3 is 6.09 Å². The molecule has 0 aliphatic rings. The zero-order chi connectivity index (χ0) is 16.1. The minimum atomic E-state index is -0.488. The maximum absolute atomic E-state index is 12.9. The Bertz CT molecular complexity index is 646. The Morgan fingerprint density at radius 2 is 1.73 bits per heavy atom. The van der Waals surface area contributed by atoms with E-state index in [1.54, 1.807) is 12.1 Å². The van der Waals surface area contributed by atoms with E-state index in [-0.39, 0.29) is 5.82 Å². The number of carbonyl (C=O) groups is 1. The van der Waals surface area contributed by atoms with Gasteiger partial charge in [-0.05, 0) is 54.8 Å². The lowest BCUT2D eigenvalue weighted by Crippen LogP contribution is -2.13. The topological polar surface area (TPSA) is 50.4 Å². The van der Waals surface area contributed by atoms with Gasteiger partial charge in [0.15, 0.2) is 0 Å². The first-order valence-corrected chi connectivity index (χ1v) is 6.94. The number of benzene rings is 2. The highest BCUT2D eigenvalue weighted by atomic mass is 19.1. The molecule has 4 nitrogen and oxygen atoms in total. The molecule has 1 amide bonds. The SMILES string of the molecule is COC(=O)Nc1c(C)cc(NCc2ccc(F)cc2)cc1C. The van der Waals surface area contributed by atoms with E-state index in [9.17, 15) is 9.18 Å². The number of anilines is 2. The molecule has 0 fully saturated rings. The normalized spacial score (nSPS) is 10.2. The molecule has 2 aromatic rings. The molecule has 0 saturated carbocycles. The van der Waals surface area contributed by atoms with Crippen molar-refractivity contribution < 1.29 is 13.9 Å². The molecule has 0 aliphatic carbocycles. The van der Waals surface area contributed by atoms with Crippen molar-refractivity contribution in [1.82, 2.24) is 0 Å². The summed E-state index contributed by atoms with van der Waals surface area (Å²) in [5.41, 5.74) is 4.56. The van der Waals surface area contributed by atoms with Crippen LogP contribution in [0.5, 0.6) is 0 Å². The Morgan fingerprint density at radius 3 is 2.27 bits per heavy atom. The van der Waals surface area contributed by atoms with Crippen molar-refractivity contribution >= 4 is 17.5 Å². The predicted octanol–water partition coefficient (Wildman–Crippen LogP) is 4.23. The lowest BCUT2D eigenvalue weighted by molar-refractivity contribution is 0.187. The van der Waals surface area contributed by atoms with E-state index < -0.39 is 6.09 Å². The van der Waals surface area contributed by atoms with Crippen molar-refractivity contribution in [1.29, 1.82) is 0 Å². The smallest absolute Gasteiger partial charge is 0.411 e. The molecule has 0 unspecified atom stereocenters. The van der Waals surface area contributed by atoms with Gasteiger partial charge in [0, 0.05) is 17.9 Å². The van der Waals surface area contributed by atoms with E-state index in [1.807, 2.05) is 26.0 Å². The van der Waals surface area contributed by atoms with Crippen molar-refractivity contribution in [3.8, 4) is 0 Å². The average molecular weight is 302 g/mol. The molecule has 2 N–H and O–H groups in total. The molecule has 2 aromatic carbocycles. The van der Waals surface area contributed by atoms with E-state index >= 15 is 0 Å². The number of ether oxygens (including phenoxy) is 1. The van der Waals surface area contributed by atoms with E-state index in [1.165, 1.54) is 19.2 Å². The van der Waals surface area contributed by atoms with Crippen molar-refractivity contribution in [3.63, 3.8) is 0 Å². The van der Waals surface area contributed by atoms with Gasteiger partial charge in [-0.25, -0.2) is 9.18 Å². The van der Waals surface area contributed by atoms with Crippen LogP contribution in [0.4, 0.5) is 20.6 Å². The second-order valence-corrected chi connectivity index (χ2v) is 5.08. The first-order chi connectivity index (χ1) is 10.5. The number of methoxy groups -OCH3 is 1. The summed E-state index contributed by atoms with van der Waals surface area (Å²) in [6.45, 7) is 4.44. The fraction of sp³-hybridized carbons (Fsp3) is 0.235. The first-order valence-electron chi connectivity index (χ1n) is 6.94. The van der Waals surface area contributed by atoms with Crippen LogP contribution in [0.15, 0.2) is 36.4 Å². The Hall–Kier alpha value is -2.56. The second kappa shape index (κ2) is 6.93. The number of aryl methyl sites for hydroxylation is 2. The van der Waals surface area contributed by atoms with Crippen molar-refractivity contribution in [2.45, 2.75) is 20.4 Å². The first kappa shape index (κ1) is 15.8. The number of rotatable bonds is 4. The molecule has 0 radical (unpaired) electrons. The highest BCUT2D eigenvalue weighted by molar-refractivity contribution is 5.87. The number of hydrogen-bond acceptors (Lipinski definition) is 3. The summed E-state index contributed by atoms with van der Waals surface area (Å²) in [5.74, 6) is -0.242. The van der Waals surface area contributed by atoms with Crippen LogP contribution in [-0.4, -0.2) is 13.2 Å². The number of carbonyl (C=O) groups excluding carboxylic acids is 1. The fourth-order valence-electron chi connectivity index (χ4n) is 2.22. The van der Waals surface area contributed by atoms with Gasteiger partial charge in [-0.3, -0.25) is 5.32 Å². The lowest BCUT2D eigenvalue weighted by atomic mass is 10.1. The van der Waals surface area contributed by atoms with Crippen molar-refractivity contribution in [3.05, 3.63) is 58.9 Å².